The van der Waals surface area contributed by atoms with Crippen molar-refractivity contribution in [3.63, 3.8) is 0 Å². The van der Waals surface area contributed by atoms with Crippen LogP contribution in [0.3, 0.4) is 0 Å². The van der Waals surface area contributed by atoms with Crippen molar-refractivity contribution in [2.24, 2.45) is 0 Å². The molecule has 1 N–H and O–H groups in total. The summed E-state index contributed by atoms with van der Waals surface area (Å²) in [5.74, 6) is 1.33. The Morgan fingerprint density at radius 2 is 2.06 bits per heavy atom. The lowest BCUT2D eigenvalue weighted by atomic mass is 10.1. The molecule has 4 heteroatoms. The number of halogens is 1. The minimum atomic E-state index is 0.540. The maximum atomic E-state index is 5.79. The van der Waals surface area contributed by atoms with Gasteiger partial charge in [-0.25, -0.2) is 0 Å². The summed E-state index contributed by atoms with van der Waals surface area (Å²) >= 11 is 5.79. The second-order valence-electron chi connectivity index (χ2n) is 3.93. The molecule has 0 unspecified atom stereocenters. The van der Waals surface area contributed by atoms with E-state index < -0.39 is 0 Å². The Morgan fingerprint density at radius 1 is 1.24 bits per heavy atom. The van der Waals surface area contributed by atoms with E-state index in [-0.39, 0.29) is 0 Å². The number of hydrogen-bond donors (Lipinski definition) is 1. The lowest BCUT2D eigenvalue weighted by Crippen LogP contribution is -2.02. The van der Waals surface area contributed by atoms with E-state index in [1.807, 2.05) is 25.1 Å². The molecule has 0 fully saturated rings. The molecule has 0 radical (unpaired) electrons. The SMILES string of the molecule is Cc1cnnc(NCc2cccc(CCl)c2)c1. The molecule has 1 heterocycles. The van der Waals surface area contributed by atoms with Gasteiger partial charge in [-0.3, -0.25) is 0 Å². The molecule has 0 saturated heterocycles. The first-order valence-electron chi connectivity index (χ1n) is 5.45. The molecule has 0 aliphatic rings. The molecule has 88 valence electrons. The smallest absolute Gasteiger partial charge is 0.149 e. The Balaban J connectivity index is 2.02. The number of nitrogens with one attached hydrogen (secondary N) is 1. The van der Waals surface area contributed by atoms with Crippen molar-refractivity contribution in [3.8, 4) is 0 Å². The third-order valence-corrected chi connectivity index (χ3v) is 2.72. The van der Waals surface area contributed by atoms with Crippen LogP contribution in [0.1, 0.15) is 16.7 Å². The van der Waals surface area contributed by atoms with Crippen LogP contribution in [0.2, 0.25) is 0 Å². The Kier molecular flexibility index (Phi) is 3.94. The van der Waals surface area contributed by atoms with Gasteiger partial charge in [-0.15, -0.1) is 16.7 Å². The summed E-state index contributed by atoms with van der Waals surface area (Å²) in [6.45, 7) is 2.72. The van der Waals surface area contributed by atoms with Gasteiger partial charge in [-0.05, 0) is 29.7 Å². The van der Waals surface area contributed by atoms with Crippen molar-refractivity contribution in [1.29, 1.82) is 0 Å². The molecule has 0 amide bonds. The summed E-state index contributed by atoms with van der Waals surface area (Å²) in [6, 6.07) is 10.1. The summed E-state index contributed by atoms with van der Waals surface area (Å²) in [4.78, 5) is 0. The molecule has 0 saturated carbocycles. The fourth-order valence-electron chi connectivity index (χ4n) is 1.57. The fraction of sp³-hybridized carbons (Fsp3) is 0.231. The van der Waals surface area contributed by atoms with Gasteiger partial charge < -0.3 is 5.32 Å². The molecule has 2 rings (SSSR count). The van der Waals surface area contributed by atoms with Crippen LogP contribution in [0.15, 0.2) is 36.5 Å². The number of hydrogen-bond acceptors (Lipinski definition) is 3. The minimum Gasteiger partial charge on any atom is -0.364 e. The Bertz CT molecular complexity index is 500. The van der Waals surface area contributed by atoms with Crippen molar-refractivity contribution in [2.45, 2.75) is 19.3 Å². The van der Waals surface area contributed by atoms with E-state index >= 15 is 0 Å². The molecule has 0 aliphatic heterocycles. The van der Waals surface area contributed by atoms with Gasteiger partial charge in [0.1, 0.15) is 5.82 Å². The molecule has 3 nitrogen and oxygen atoms in total. The molecular weight excluding hydrogens is 234 g/mol. The van der Waals surface area contributed by atoms with Gasteiger partial charge in [0.2, 0.25) is 0 Å². The highest BCUT2D eigenvalue weighted by molar-refractivity contribution is 6.17. The number of anilines is 1. The highest BCUT2D eigenvalue weighted by atomic mass is 35.5. The largest absolute Gasteiger partial charge is 0.364 e. The van der Waals surface area contributed by atoms with Crippen molar-refractivity contribution < 1.29 is 0 Å². The molecule has 0 bridgehead atoms. The van der Waals surface area contributed by atoms with Crippen molar-refractivity contribution in [1.82, 2.24) is 10.2 Å². The second-order valence-corrected chi connectivity index (χ2v) is 4.19. The average molecular weight is 248 g/mol. The molecule has 1 aromatic heterocycles. The lowest BCUT2D eigenvalue weighted by molar-refractivity contribution is 0.987. The average Bonchev–Trinajstić information content (AvgIpc) is 2.37. The monoisotopic (exact) mass is 247 g/mol. The van der Waals surface area contributed by atoms with Crippen LogP contribution in [-0.4, -0.2) is 10.2 Å². The van der Waals surface area contributed by atoms with Gasteiger partial charge >= 0.3 is 0 Å². The van der Waals surface area contributed by atoms with E-state index in [4.69, 9.17) is 11.6 Å². The predicted octanol–water partition coefficient (Wildman–Crippen LogP) is 3.14. The van der Waals surface area contributed by atoms with Gasteiger partial charge in [0.25, 0.3) is 0 Å². The lowest BCUT2D eigenvalue weighted by Gasteiger charge is -2.06. The highest BCUT2D eigenvalue weighted by Gasteiger charge is 1.97. The Labute approximate surface area is 106 Å². The first-order chi connectivity index (χ1) is 8.28. The van der Waals surface area contributed by atoms with E-state index in [9.17, 15) is 0 Å². The van der Waals surface area contributed by atoms with Crippen LogP contribution >= 0.6 is 11.6 Å². The molecule has 2 aromatic rings. The normalized spacial score (nSPS) is 10.2. The first-order valence-corrected chi connectivity index (χ1v) is 5.98. The van der Waals surface area contributed by atoms with Gasteiger partial charge in [-0.1, -0.05) is 24.3 Å². The van der Waals surface area contributed by atoms with Crippen LogP contribution in [0.5, 0.6) is 0 Å². The summed E-state index contributed by atoms with van der Waals surface area (Å²) < 4.78 is 0. The van der Waals surface area contributed by atoms with Crippen LogP contribution in [0.4, 0.5) is 5.82 Å². The van der Waals surface area contributed by atoms with E-state index in [0.29, 0.717) is 5.88 Å². The summed E-state index contributed by atoms with van der Waals surface area (Å²) in [7, 11) is 0. The number of alkyl halides is 1. The number of benzene rings is 1. The quantitative estimate of drug-likeness (QED) is 0.844. The summed E-state index contributed by atoms with van der Waals surface area (Å²) in [6.07, 6.45) is 1.74. The van der Waals surface area contributed by atoms with Gasteiger partial charge in [0, 0.05) is 12.4 Å². The van der Waals surface area contributed by atoms with Crippen molar-refractivity contribution in [3.05, 3.63) is 53.2 Å². The number of nitrogens with zero attached hydrogens (tertiary/aromatic N) is 2. The first kappa shape index (κ1) is 11.9. The fourth-order valence-corrected chi connectivity index (χ4v) is 1.73. The van der Waals surface area contributed by atoms with E-state index in [0.717, 1.165) is 23.5 Å². The Hall–Kier alpha value is -1.61. The van der Waals surface area contributed by atoms with Gasteiger partial charge in [0.05, 0.1) is 6.20 Å². The summed E-state index contributed by atoms with van der Waals surface area (Å²) in [5.41, 5.74) is 3.41. The zero-order valence-corrected chi connectivity index (χ0v) is 10.4. The predicted molar refractivity (Wildman–Crippen MR) is 70.1 cm³/mol. The van der Waals surface area contributed by atoms with Crippen LogP contribution in [0, 0.1) is 6.92 Å². The number of aromatic nitrogens is 2. The van der Waals surface area contributed by atoms with E-state index in [1.54, 1.807) is 6.20 Å². The molecule has 0 spiro atoms. The van der Waals surface area contributed by atoms with E-state index in [2.05, 4.69) is 27.6 Å². The van der Waals surface area contributed by atoms with Crippen LogP contribution in [0.25, 0.3) is 0 Å². The number of aryl methyl sites for hydroxylation is 1. The maximum absolute atomic E-state index is 5.79. The molecule has 1 aromatic carbocycles. The molecule has 17 heavy (non-hydrogen) atoms. The third-order valence-electron chi connectivity index (χ3n) is 2.41. The Morgan fingerprint density at radius 3 is 2.82 bits per heavy atom. The van der Waals surface area contributed by atoms with Gasteiger partial charge in [0.15, 0.2) is 0 Å². The van der Waals surface area contributed by atoms with Crippen molar-refractivity contribution >= 4 is 17.4 Å². The van der Waals surface area contributed by atoms with Crippen LogP contribution < -0.4 is 5.32 Å². The highest BCUT2D eigenvalue weighted by Crippen LogP contribution is 2.10. The zero-order chi connectivity index (χ0) is 12.1. The summed E-state index contributed by atoms with van der Waals surface area (Å²) in [5, 5.41) is 11.1. The molecule has 0 aliphatic carbocycles. The van der Waals surface area contributed by atoms with Crippen molar-refractivity contribution in [2.75, 3.05) is 5.32 Å². The van der Waals surface area contributed by atoms with E-state index in [1.165, 1.54) is 5.56 Å². The van der Waals surface area contributed by atoms with Gasteiger partial charge in [-0.2, -0.15) is 5.10 Å². The second kappa shape index (κ2) is 5.64. The zero-order valence-electron chi connectivity index (χ0n) is 9.65. The third kappa shape index (κ3) is 3.43. The minimum absolute atomic E-state index is 0.540. The topological polar surface area (TPSA) is 37.8 Å². The molecular formula is C13H14ClN3. The maximum Gasteiger partial charge on any atom is 0.149 e. The molecule has 0 atom stereocenters. The number of rotatable bonds is 4. The standard InChI is InChI=1S/C13H14ClN3/c1-10-5-13(17-16-8-10)15-9-12-4-2-3-11(6-12)7-14/h2-6,8H,7,9H2,1H3,(H,15,17). The van der Waals surface area contributed by atoms with Crippen LogP contribution in [-0.2, 0) is 12.4 Å².